The van der Waals surface area contributed by atoms with Crippen LogP contribution >= 0.6 is 0 Å². The van der Waals surface area contributed by atoms with Gasteiger partial charge in [-0.25, -0.2) is 9.13 Å². The monoisotopic (exact) mass is 474 g/mol. The largest absolute Gasteiger partial charge is 0.368 e. The number of hydrogen-bond acceptors (Lipinski definition) is 2. The Labute approximate surface area is 214 Å². The van der Waals surface area contributed by atoms with Crippen molar-refractivity contribution in [2.24, 2.45) is 14.1 Å². The number of pyridine rings is 2. The molecule has 0 radical (unpaired) electrons. The minimum Gasteiger partial charge on any atom is -0.368 e. The van der Waals surface area contributed by atoms with Crippen LogP contribution in [0.4, 0.5) is 11.4 Å². The molecule has 0 N–H and O–H groups in total. The SMILES string of the molecule is C[n+]1ccccc1C=Cc1ccc(N2CCN(c3ccc(C=Cc4cccc[n+]4C)cc3)CC2)cc1. The van der Waals surface area contributed by atoms with E-state index in [1.54, 1.807) is 0 Å². The second kappa shape index (κ2) is 11.0. The zero-order chi connectivity index (χ0) is 24.7. The van der Waals surface area contributed by atoms with Crippen molar-refractivity contribution in [3.8, 4) is 0 Å². The molecule has 0 atom stereocenters. The van der Waals surface area contributed by atoms with Crippen molar-refractivity contribution in [3.63, 3.8) is 0 Å². The molecule has 180 valence electrons. The summed E-state index contributed by atoms with van der Waals surface area (Å²) in [5.74, 6) is 0. The number of anilines is 2. The first kappa shape index (κ1) is 23.6. The number of piperazine rings is 1. The molecular formula is C32H34N4+2. The molecule has 0 saturated carbocycles. The molecule has 1 aliphatic heterocycles. The van der Waals surface area contributed by atoms with Crippen molar-refractivity contribution in [1.82, 2.24) is 0 Å². The van der Waals surface area contributed by atoms with Crippen LogP contribution in [-0.2, 0) is 14.1 Å². The summed E-state index contributed by atoms with van der Waals surface area (Å²) in [7, 11) is 4.14. The lowest BCUT2D eigenvalue weighted by Gasteiger charge is -2.37. The average Bonchev–Trinajstić information content (AvgIpc) is 2.93. The summed E-state index contributed by atoms with van der Waals surface area (Å²) < 4.78 is 4.25. The lowest BCUT2D eigenvalue weighted by Crippen LogP contribution is -2.46. The summed E-state index contributed by atoms with van der Waals surface area (Å²) in [6, 6.07) is 30.3. The van der Waals surface area contributed by atoms with E-state index in [2.05, 4.69) is 143 Å². The van der Waals surface area contributed by atoms with Crippen LogP contribution in [0.1, 0.15) is 22.5 Å². The molecule has 0 aliphatic carbocycles. The Kier molecular flexibility index (Phi) is 7.23. The highest BCUT2D eigenvalue weighted by Crippen LogP contribution is 2.22. The second-order valence-electron chi connectivity index (χ2n) is 9.30. The number of nitrogens with zero attached hydrogens (tertiary/aromatic N) is 4. The van der Waals surface area contributed by atoms with Crippen molar-refractivity contribution >= 4 is 35.7 Å². The van der Waals surface area contributed by atoms with Gasteiger partial charge in [-0.3, -0.25) is 0 Å². The van der Waals surface area contributed by atoms with Gasteiger partial charge in [0.2, 0.25) is 11.4 Å². The van der Waals surface area contributed by atoms with Crippen molar-refractivity contribution in [2.75, 3.05) is 36.0 Å². The van der Waals surface area contributed by atoms with Gasteiger partial charge < -0.3 is 9.80 Å². The zero-order valence-corrected chi connectivity index (χ0v) is 21.2. The van der Waals surface area contributed by atoms with Crippen LogP contribution in [0.15, 0.2) is 97.3 Å². The summed E-state index contributed by atoms with van der Waals surface area (Å²) in [5.41, 5.74) is 7.41. The summed E-state index contributed by atoms with van der Waals surface area (Å²) in [5, 5.41) is 0. The summed E-state index contributed by atoms with van der Waals surface area (Å²) >= 11 is 0. The van der Waals surface area contributed by atoms with Crippen LogP contribution in [0.3, 0.4) is 0 Å². The first-order valence-corrected chi connectivity index (χ1v) is 12.6. The van der Waals surface area contributed by atoms with Gasteiger partial charge in [0.15, 0.2) is 12.4 Å². The molecule has 0 unspecified atom stereocenters. The summed E-state index contributed by atoms with van der Waals surface area (Å²) in [4.78, 5) is 4.97. The number of rotatable bonds is 6. The third-order valence-electron chi connectivity index (χ3n) is 6.88. The Bertz CT molecular complexity index is 1240. The quantitative estimate of drug-likeness (QED) is 0.365. The lowest BCUT2D eigenvalue weighted by atomic mass is 10.1. The number of aryl methyl sites for hydroxylation is 2. The number of benzene rings is 2. The van der Waals surface area contributed by atoms with E-state index in [-0.39, 0.29) is 0 Å². The molecule has 0 bridgehead atoms. The Morgan fingerprint density at radius 2 is 0.889 bits per heavy atom. The fraction of sp³-hybridized carbons (Fsp3) is 0.188. The first-order valence-electron chi connectivity index (χ1n) is 12.6. The van der Waals surface area contributed by atoms with E-state index >= 15 is 0 Å². The standard InChI is InChI=1S/C32H34N4/c1-33-21-5-3-7-29(33)15-9-27-11-17-31(18-12-27)35-23-25-36(26-24-35)32-19-13-28(14-20-32)10-16-30-8-4-6-22-34(30)2/h3-22H,23-26H2,1-2H3/q+2. The molecule has 36 heavy (non-hydrogen) atoms. The van der Waals surface area contributed by atoms with E-state index in [4.69, 9.17) is 0 Å². The van der Waals surface area contributed by atoms with Crippen molar-refractivity contribution in [1.29, 1.82) is 0 Å². The van der Waals surface area contributed by atoms with Gasteiger partial charge in [0.05, 0.1) is 0 Å². The molecule has 4 nitrogen and oxygen atoms in total. The average molecular weight is 475 g/mol. The number of hydrogen-bond donors (Lipinski definition) is 0. The van der Waals surface area contributed by atoms with Crippen molar-refractivity contribution in [2.45, 2.75) is 0 Å². The van der Waals surface area contributed by atoms with E-state index in [1.165, 1.54) is 33.9 Å². The lowest BCUT2D eigenvalue weighted by molar-refractivity contribution is -0.673. The van der Waals surface area contributed by atoms with Gasteiger partial charge in [-0.1, -0.05) is 24.3 Å². The summed E-state index contributed by atoms with van der Waals surface area (Å²) in [6.45, 7) is 4.12. The third kappa shape index (κ3) is 5.72. The van der Waals surface area contributed by atoms with Gasteiger partial charge in [-0.2, -0.15) is 0 Å². The fourth-order valence-electron chi connectivity index (χ4n) is 4.60. The van der Waals surface area contributed by atoms with Gasteiger partial charge in [-0.15, -0.1) is 0 Å². The first-order chi connectivity index (χ1) is 17.7. The van der Waals surface area contributed by atoms with Crippen LogP contribution in [0, 0.1) is 0 Å². The molecule has 1 fully saturated rings. The zero-order valence-electron chi connectivity index (χ0n) is 21.2. The maximum absolute atomic E-state index is 2.48. The van der Waals surface area contributed by atoms with E-state index < -0.39 is 0 Å². The molecule has 1 saturated heterocycles. The molecular weight excluding hydrogens is 440 g/mol. The summed E-state index contributed by atoms with van der Waals surface area (Å²) in [6.07, 6.45) is 12.8. The molecule has 0 spiro atoms. The molecule has 2 aromatic heterocycles. The van der Waals surface area contributed by atoms with Crippen LogP contribution in [-0.4, -0.2) is 26.2 Å². The van der Waals surface area contributed by atoms with E-state index in [0.29, 0.717) is 0 Å². The van der Waals surface area contributed by atoms with Crippen LogP contribution in [0.25, 0.3) is 24.3 Å². The fourth-order valence-corrected chi connectivity index (χ4v) is 4.60. The van der Waals surface area contributed by atoms with Gasteiger partial charge in [0.1, 0.15) is 14.1 Å². The van der Waals surface area contributed by atoms with E-state index in [1.807, 2.05) is 12.1 Å². The van der Waals surface area contributed by atoms with Crippen LogP contribution < -0.4 is 18.9 Å². The molecule has 4 heteroatoms. The topological polar surface area (TPSA) is 14.2 Å². The van der Waals surface area contributed by atoms with Crippen LogP contribution in [0.2, 0.25) is 0 Å². The minimum atomic E-state index is 1.03. The van der Waals surface area contributed by atoms with Gasteiger partial charge in [0.25, 0.3) is 0 Å². The Morgan fingerprint density at radius 1 is 0.500 bits per heavy atom. The maximum Gasteiger partial charge on any atom is 0.204 e. The normalized spacial score (nSPS) is 14.2. The van der Waals surface area contributed by atoms with E-state index in [0.717, 1.165) is 26.2 Å². The molecule has 3 heterocycles. The molecule has 4 aromatic rings. The predicted molar refractivity (Wildman–Crippen MR) is 150 cm³/mol. The molecule has 1 aliphatic rings. The highest BCUT2D eigenvalue weighted by atomic mass is 15.3. The van der Waals surface area contributed by atoms with Crippen molar-refractivity contribution in [3.05, 3.63) is 120 Å². The molecule has 0 amide bonds. The highest BCUT2D eigenvalue weighted by Gasteiger charge is 2.17. The minimum absolute atomic E-state index is 1.03. The Morgan fingerprint density at radius 3 is 1.25 bits per heavy atom. The van der Waals surface area contributed by atoms with Gasteiger partial charge >= 0.3 is 0 Å². The second-order valence-corrected chi connectivity index (χ2v) is 9.30. The predicted octanol–water partition coefficient (Wildman–Crippen LogP) is 5.00. The molecule has 5 rings (SSSR count). The Hall–Kier alpha value is -4.18. The van der Waals surface area contributed by atoms with Crippen LogP contribution in [0.5, 0.6) is 0 Å². The Balaban J connectivity index is 1.15. The highest BCUT2D eigenvalue weighted by molar-refractivity contribution is 5.69. The molecule has 2 aromatic carbocycles. The number of aromatic nitrogens is 2. The van der Waals surface area contributed by atoms with Crippen molar-refractivity contribution < 1.29 is 9.13 Å². The smallest absolute Gasteiger partial charge is 0.204 e. The van der Waals surface area contributed by atoms with E-state index in [9.17, 15) is 0 Å². The third-order valence-corrected chi connectivity index (χ3v) is 6.88. The maximum atomic E-state index is 2.48. The van der Waals surface area contributed by atoms with Gasteiger partial charge in [0, 0.05) is 74.0 Å². The van der Waals surface area contributed by atoms with Gasteiger partial charge in [-0.05, 0) is 59.7 Å².